The van der Waals surface area contributed by atoms with E-state index in [0.717, 1.165) is 0 Å². The first-order valence-electron chi connectivity index (χ1n) is 5.95. The van der Waals surface area contributed by atoms with Crippen molar-refractivity contribution in [1.82, 2.24) is 30.4 Å². The number of hydrogen-bond acceptors (Lipinski definition) is 6. The molecule has 0 aromatic carbocycles. The highest BCUT2D eigenvalue weighted by atomic mass is 16.4. The van der Waals surface area contributed by atoms with Gasteiger partial charge in [0.2, 0.25) is 0 Å². The molecule has 100 valence electrons. The zero-order valence-electron chi connectivity index (χ0n) is 10.7. The van der Waals surface area contributed by atoms with Crippen LogP contribution in [0.2, 0.25) is 0 Å². The standard InChI is InChI=1S/C11H14N6O2/c1-3-11(4-2,10(18)19)17-9(14-15-16-17)8-5-6-12-13-7-8/h5-7H,3-4H2,1-2H3,(H,18,19). The van der Waals surface area contributed by atoms with Crippen molar-refractivity contribution in [2.24, 2.45) is 0 Å². The minimum Gasteiger partial charge on any atom is -0.479 e. The number of rotatable bonds is 5. The molecule has 0 amide bonds. The highest BCUT2D eigenvalue weighted by molar-refractivity contribution is 5.77. The Morgan fingerprint density at radius 3 is 2.63 bits per heavy atom. The van der Waals surface area contributed by atoms with Gasteiger partial charge in [0.25, 0.3) is 0 Å². The van der Waals surface area contributed by atoms with Gasteiger partial charge in [-0.05, 0) is 29.3 Å². The minimum absolute atomic E-state index is 0.376. The predicted octanol–water partition coefficient (Wildman–Crippen LogP) is 0.730. The van der Waals surface area contributed by atoms with E-state index < -0.39 is 11.5 Å². The second-order valence-corrected chi connectivity index (χ2v) is 4.09. The topological polar surface area (TPSA) is 107 Å². The van der Waals surface area contributed by atoms with E-state index >= 15 is 0 Å². The van der Waals surface area contributed by atoms with Crippen LogP contribution in [0.5, 0.6) is 0 Å². The van der Waals surface area contributed by atoms with Gasteiger partial charge in [-0.3, -0.25) is 0 Å². The molecule has 0 fully saturated rings. The molecule has 0 bridgehead atoms. The normalized spacial score (nSPS) is 11.5. The molecule has 0 aliphatic rings. The molecule has 1 N–H and O–H groups in total. The van der Waals surface area contributed by atoms with Gasteiger partial charge in [0.05, 0.1) is 12.4 Å². The van der Waals surface area contributed by atoms with Gasteiger partial charge >= 0.3 is 5.97 Å². The highest BCUT2D eigenvalue weighted by Crippen LogP contribution is 2.28. The summed E-state index contributed by atoms with van der Waals surface area (Å²) in [6, 6.07) is 1.69. The molecule has 8 nitrogen and oxygen atoms in total. The van der Waals surface area contributed by atoms with Gasteiger partial charge < -0.3 is 5.11 Å². The Morgan fingerprint density at radius 1 is 1.37 bits per heavy atom. The van der Waals surface area contributed by atoms with Crippen molar-refractivity contribution in [2.45, 2.75) is 32.2 Å². The van der Waals surface area contributed by atoms with Crippen LogP contribution >= 0.6 is 0 Å². The monoisotopic (exact) mass is 262 g/mol. The number of carbonyl (C=O) groups is 1. The summed E-state index contributed by atoms with van der Waals surface area (Å²) in [5.41, 5.74) is -0.519. The van der Waals surface area contributed by atoms with Gasteiger partial charge in [-0.15, -0.1) is 5.10 Å². The first-order chi connectivity index (χ1) is 9.15. The molecule has 2 aromatic rings. The first-order valence-corrected chi connectivity index (χ1v) is 5.95. The fraction of sp³-hybridized carbons (Fsp3) is 0.455. The van der Waals surface area contributed by atoms with Crippen LogP contribution in [0.3, 0.4) is 0 Å². The lowest BCUT2D eigenvalue weighted by molar-refractivity contribution is -0.148. The average molecular weight is 262 g/mol. The van der Waals surface area contributed by atoms with Crippen LogP contribution in [0.15, 0.2) is 18.5 Å². The molecule has 2 aromatic heterocycles. The third-order valence-corrected chi connectivity index (χ3v) is 3.29. The number of hydrogen-bond donors (Lipinski definition) is 1. The van der Waals surface area contributed by atoms with Gasteiger partial charge in [-0.2, -0.15) is 10.2 Å². The van der Waals surface area contributed by atoms with E-state index in [1.807, 2.05) is 0 Å². The zero-order chi connectivity index (χ0) is 13.9. The molecule has 0 atom stereocenters. The maximum Gasteiger partial charge on any atom is 0.331 e. The molecule has 0 saturated heterocycles. The maximum absolute atomic E-state index is 11.6. The summed E-state index contributed by atoms with van der Waals surface area (Å²) in [6.07, 6.45) is 3.78. The summed E-state index contributed by atoms with van der Waals surface area (Å²) >= 11 is 0. The van der Waals surface area contributed by atoms with E-state index in [1.54, 1.807) is 19.9 Å². The highest BCUT2D eigenvalue weighted by Gasteiger charge is 2.40. The Labute approximate surface area is 109 Å². The molecule has 0 spiro atoms. The summed E-state index contributed by atoms with van der Waals surface area (Å²) < 4.78 is 1.35. The van der Waals surface area contributed by atoms with E-state index in [0.29, 0.717) is 24.2 Å². The molecule has 2 rings (SSSR count). The van der Waals surface area contributed by atoms with E-state index in [-0.39, 0.29) is 0 Å². The van der Waals surface area contributed by atoms with E-state index in [1.165, 1.54) is 17.1 Å². The summed E-state index contributed by atoms with van der Waals surface area (Å²) in [6.45, 7) is 3.60. The fourth-order valence-electron chi connectivity index (χ4n) is 2.02. The van der Waals surface area contributed by atoms with Crippen LogP contribution in [0.4, 0.5) is 0 Å². The Hall–Kier alpha value is -2.38. The Morgan fingerprint density at radius 2 is 2.11 bits per heavy atom. The first kappa shape index (κ1) is 13.1. The van der Waals surface area contributed by atoms with Crippen molar-refractivity contribution >= 4 is 5.97 Å². The molecule has 0 unspecified atom stereocenters. The van der Waals surface area contributed by atoms with Gasteiger partial charge in [-0.25, -0.2) is 9.48 Å². The zero-order valence-corrected chi connectivity index (χ0v) is 10.7. The molecular formula is C11H14N6O2. The van der Waals surface area contributed by atoms with Crippen molar-refractivity contribution in [1.29, 1.82) is 0 Å². The molecule has 0 aliphatic carbocycles. The van der Waals surface area contributed by atoms with Crippen LogP contribution in [0.25, 0.3) is 11.4 Å². The van der Waals surface area contributed by atoms with Crippen molar-refractivity contribution < 1.29 is 9.90 Å². The number of aliphatic carboxylic acids is 1. The van der Waals surface area contributed by atoms with E-state index in [2.05, 4.69) is 25.7 Å². The van der Waals surface area contributed by atoms with Crippen molar-refractivity contribution in [3.63, 3.8) is 0 Å². The number of carboxylic acids is 1. The smallest absolute Gasteiger partial charge is 0.331 e. The van der Waals surface area contributed by atoms with Gasteiger partial charge in [0, 0.05) is 5.56 Å². The molecule has 19 heavy (non-hydrogen) atoms. The average Bonchev–Trinajstić information content (AvgIpc) is 2.91. The Balaban J connectivity index is 2.58. The lowest BCUT2D eigenvalue weighted by Crippen LogP contribution is -2.42. The minimum atomic E-state index is -1.15. The van der Waals surface area contributed by atoms with Gasteiger partial charge in [0.15, 0.2) is 11.4 Å². The van der Waals surface area contributed by atoms with Crippen molar-refractivity contribution in [3.05, 3.63) is 18.5 Å². The number of aromatic nitrogens is 6. The van der Waals surface area contributed by atoms with Crippen LogP contribution in [-0.2, 0) is 10.3 Å². The SMILES string of the molecule is CCC(CC)(C(=O)O)n1nnnc1-c1ccnnc1. The predicted molar refractivity (Wildman–Crippen MR) is 65.0 cm³/mol. The summed E-state index contributed by atoms with van der Waals surface area (Å²) in [5.74, 6) is -0.575. The van der Waals surface area contributed by atoms with Crippen LogP contribution in [-0.4, -0.2) is 41.5 Å². The summed E-state index contributed by atoms with van der Waals surface area (Å²) in [7, 11) is 0. The van der Waals surface area contributed by atoms with Crippen molar-refractivity contribution in [2.75, 3.05) is 0 Å². The van der Waals surface area contributed by atoms with Crippen LogP contribution in [0.1, 0.15) is 26.7 Å². The number of nitrogens with zero attached hydrogens (tertiary/aromatic N) is 6. The second kappa shape index (κ2) is 5.09. The molecular weight excluding hydrogens is 248 g/mol. The Kier molecular flexibility index (Phi) is 3.50. The van der Waals surface area contributed by atoms with Gasteiger partial charge in [0.1, 0.15) is 0 Å². The third kappa shape index (κ3) is 2.05. The summed E-state index contributed by atoms with van der Waals surface area (Å²) in [4.78, 5) is 11.6. The van der Waals surface area contributed by atoms with Crippen LogP contribution < -0.4 is 0 Å². The lowest BCUT2D eigenvalue weighted by atomic mass is 9.93. The second-order valence-electron chi connectivity index (χ2n) is 4.09. The van der Waals surface area contributed by atoms with E-state index in [4.69, 9.17) is 0 Å². The number of carboxylic acid groups (broad SMARTS) is 1. The quantitative estimate of drug-likeness (QED) is 0.846. The van der Waals surface area contributed by atoms with E-state index in [9.17, 15) is 9.90 Å². The van der Waals surface area contributed by atoms with Crippen molar-refractivity contribution in [3.8, 4) is 11.4 Å². The van der Waals surface area contributed by atoms with Gasteiger partial charge in [-0.1, -0.05) is 13.8 Å². The fourth-order valence-corrected chi connectivity index (χ4v) is 2.02. The van der Waals surface area contributed by atoms with Crippen LogP contribution in [0, 0.1) is 0 Å². The third-order valence-electron chi connectivity index (χ3n) is 3.29. The molecule has 0 radical (unpaired) electrons. The molecule has 0 aliphatic heterocycles. The molecule has 0 saturated carbocycles. The number of tetrazole rings is 1. The lowest BCUT2D eigenvalue weighted by Gasteiger charge is -2.27. The summed E-state index contributed by atoms with van der Waals surface area (Å²) in [5, 5.41) is 28.3. The Bertz CT molecular complexity index is 564. The largest absolute Gasteiger partial charge is 0.479 e. The molecule has 2 heterocycles. The maximum atomic E-state index is 11.6. The molecule has 8 heteroatoms.